The van der Waals surface area contributed by atoms with E-state index in [1.165, 1.54) is 12.1 Å². The number of rotatable bonds is 5. The van der Waals surface area contributed by atoms with Crippen molar-refractivity contribution in [3.63, 3.8) is 0 Å². The first-order valence-corrected chi connectivity index (χ1v) is 10.1. The highest BCUT2D eigenvalue weighted by Gasteiger charge is 2.28. The summed E-state index contributed by atoms with van der Waals surface area (Å²) in [5, 5.41) is 4.11. The maximum atomic E-state index is 13.5. The SMILES string of the molecule is Cc1cc(CN2CCC(n3cnc(-c4ccc(F)cc4)c3-c3ccnc(N)n3)C2)no1. The maximum absolute atomic E-state index is 13.5. The molecule has 3 aromatic heterocycles. The fourth-order valence-corrected chi connectivity index (χ4v) is 4.12. The third-order valence-electron chi connectivity index (χ3n) is 5.53. The van der Waals surface area contributed by atoms with E-state index in [2.05, 4.69) is 29.6 Å². The molecule has 1 atom stereocenters. The topological polar surface area (TPSA) is 98.9 Å². The first-order chi connectivity index (χ1) is 15.1. The van der Waals surface area contributed by atoms with Crippen LogP contribution >= 0.6 is 0 Å². The van der Waals surface area contributed by atoms with Crippen molar-refractivity contribution in [1.29, 1.82) is 0 Å². The number of anilines is 1. The average molecular weight is 419 g/mol. The summed E-state index contributed by atoms with van der Waals surface area (Å²) in [5.74, 6) is 0.725. The Morgan fingerprint density at radius 1 is 1.19 bits per heavy atom. The number of aryl methyl sites for hydroxylation is 1. The Morgan fingerprint density at radius 2 is 2.03 bits per heavy atom. The number of benzene rings is 1. The molecule has 31 heavy (non-hydrogen) atoms. The Morgan fingerprint density at radius 3 is 2.77 bits per heavy atom. The van der Waals surface area contributed by atoms with E-state index in [-0.39, 0.29) is 17.8 Å². The standard InChI is InChI=1S/C22H22FN7O/c1-14-10-17(28-31-14)11-29-9-7-18(12-29)30-13-26-20(15-2-4-16(23)5-3-15)21(30)19-6-8-25-22(24)27-19/h2-6,8,10,13,18H,7,9,11-12H2,1H3,(H2,24,25,27). The molecule has 9 heteroatoms. The molecule has 1 unspecified atom stereocenters. The summed E-state index contributed by atoms with van der Waals surface area (Å²) in [5.41, 5.74) is 9.89. The average Bonchev–Trinajstić information content (AvgIpc) is 3.48. The van der Waals surface area contributed by atoms with Crippen LogP contribution in [-0.2, 0) is 6.54 Å². The molecule has 0 radical (unpaired) electrons. The maximum Gasteiger partial charge on any atom is 0.220 e. The molecule has 1 saturated heterocycles. The van der Waals surface area contributed by atoms with Gasteiger partial charge in [0.1, 0.15) is 11.6 Å². The van der Waals surface area contributed by atoms with Crippen molar-refractivity contribution in [2.24, 2.45) is 0 Å². The molecule has 4 aromatic rings. The molecule has 0 saturated carbocycles. The van der Waals surface area contributed by atoms with E-state index in [1.807, 2.05) is 25.4 Å². The molecule has 4 heterocycles. The van der Waals surface area contributed by atoms with Gasteiger partial charge in [0, 0.05) is 43.5 Å². The normalized spacial score (nSPS) is 16.8. The van der Waals surface area contributed by atoms with Crippen molar-refractivity contribution < 1.29 is 8.91 Å². The van der Waals surface area contributed by atoms with Gasteiger partial charge in [-0.15, -0.1) is 0 Å². The molecule has 0 aliphatic carbocycles. The van der Waals surface area contributed by atoms with Gasteiger partial charge in [-0.1, -0.05) is 5.16 Å². The molecule has 0 bridgehead atoms. The third-order valence-corrected chi connectivity index (χ3v) is 5.53. The molecular weight excluding hydrogens is 397 g/mol. The van der Waals surface area contributed by atoms with E-state index in [0.29, 0.717) is 5.69 Å². The minimum atomic E-state index is -0.287. The molecule has 1 aliphatic rings. The quantitative estimate of drug-likeness (QED) is 0.529. The lowest BCUT2D eigenvalue weighted by Gasteiger charge is -2.18. The number of hydrogen-bond donors (Lipinski definition) is 1. The van der Waals surface area contributed by atoms with Gasteiger partial charge in [0.15, 0.2) is 0 Å². The molecule has 0 amide bonds. The smallest absolute Gasteiger partial charge is 0.220 e. The van der Waals surface area contributed by atoms with Crippen LogP contribution in [0.15, 0.2) is 53.4 Å². The number of imidazole rings is 1. The Balaban J connectivity index is 1.49. The zero-order valence-electron chi connectivity index (χ0n) is 17.1. The van der Waals surface area contributed by atoms with Crippen LogP contribution in [0.3, 0.4) is 0 Å². The summed E-state index contributed by atoms with van der Waals surface area (Å²) in [6, 6.07) is 10.3. The summed E-state index contributed by atoms with van der Waals surface area (Å²) >= 11 is 0. The van der Waals surface area contributed by atoms with Crippen LogP contribution < -0.4 is 5.73 Å². The minimum absolute atomic E-state index is 0.199. The zero-order chi connectivity index (χ0) is 21.4. The molecule has 158 valence electrons. The Labute approximate surface area is 178 Å². The molecule has 5 rings (SSSR count). The summed E-state index contributed by atoms with van der Waals surface area (Å²) in [6.07, 6.45) is 4.43. The van der Waals surface area contributed by atoms with E-state index < -0.39 is 0 Å². The van der Waals surface area contributed by atoms with E-state index in [9.17, 15) is 4.39 Å². The fraction of sp³-hybridized carbons (Fsp3) is 0.273. The Bertz CT molecular complexity index is 1200. The van der Waals surface area contributed by atoms with Crippen molar-refractivity contribution in [2.75, 3.05) is 18.8 Å². The second kappa shape index (κ2) is 7.92. The number of aromatic nitrogens is 5. The second-order valence-corrected chi connectivity index (χ2v) is 7.76. The van der Waals surface area contributed by atoms with Crippen molar-refractivity contribution in [3.8, 4) is 22.6 Å². The van der Waals surface area contributed by atoms with Gasteiger partial charge in [0.2, 0.25) is 5.95 Å². The van der Waals surface area contributed by atoms with Crippen molar-refractivity contribution >= 4 is 5.95 Å². The minimum Gasteiger partial charge on any atom is -0.368 e. The highest BCUT2D eigenvalue weighted by molar-refractivity contribution is 5.77. The van der Waals surface area contributed by atoms with Crippen molar-refractivity contribution in [3.05, 3.63) is 66.2 Å². The molecule has 1 fully saturated rings. The van der Waals surface area contributed by atoms with Gasteiger partial charge in [0.05, 0.1) is 29.1 Å². The first kappa shape index (κ1) is 19.4. The number of nitrogens with zero attached hydrogens (tertiary/aromatic N) is 6. The molecule has 1 aliphatic heterocycles. The fourth-order valence-electron chi connectivity index (χ4n) is 4.12. The number of likely N-dealkylation sites (tertiary alicyclic amines) is 1. The lowest BCUT2D eigenvalue weighted by atomic mass is 10.1. The number of hydrogen-bond acceptors (Lipinski definition) is 7. The first-order valence-electron chi connectivity index (χ1n) is 10.1. The lowest BCUT2D eigenvalue weighted by Crippen LogP contribution is -2.21. The highest BCUT2D eigenvalue weighted by Crippen LogP contribution is 2.35. The van der Waals surface area contributed by atoms with Gasteiger partial charge in [0.25, 0.3) is 0 Å². The van der Waals surface area contributed by atoms with E-state index in [0.717, 1.165) is 54.5 Å². The Kier molecular flexibility index (Phi) is 4.95. The van der Waals surface area contributed by atoms with Crippen LogP contribution in [0.1, 0.15) is 23.9 Å². The number of nitrogens with two attached hydrogens (primary N) is 1. The molecule has 2 N–H and O–H groups in total. The van der Waals surface area contributed by atoms with Crippen LogP contribution in [0.2, 0.25) is 0 Å². The van der Waals surface area contributed by atoms with Crippen LogP contribution in [0, 0.1) is 12.7 Å². The van der Waals surface area contributed by atoms with Crippen LogP contribution in [0.4, 0.5) is 10.3 Å². The molecule has 0 spiro atoms. The van der Waals surface area contributed by atoms with Crippen LogP contribution in [-0.4, -0.2) is 42.7 Å². The van der Waals surface area contributed by atoms with Gasteiger partial charge in [-0.25, -0.2) is 19.3 Å². The lowest BCUT2D eigenvalue weighted by molar-refractivity contribution is 0.300. The van der Waals surface area contributed by atoms with Gasteiger partial charge < -0.3 is 14.8 Å². The summed E-state index contributed by atoms with van der Waals surface area (Å²) in [7, 11) is 0. The predicted molar refractivity (Wildman–Crippen MR) is 113 cm³/mol. The molecular formula is C22H22FN7O. The highest BCUT2D eigenvalue weighted by atomic mass is 19.1. The zero-order valence-corrected chi connectivity index (χ0v) is 17.1. The molecule has 8 nitrogen and oxygen atoms in total. The predicted octanol–water partition coefficient (Wildman–Crippen LogP) is 3.47. The van der Waals surface area contributed by atoms with Crippen LogP contribution in [0.5, 0.6) is 0 Å². The summed E-state index contributed by atoms with van der Waals surface area (Å²) in [4.78, 5) is 15.5. The molecule has 1 aromatic carbocycles. The largest absolute Gasteiger partial charge is 0.368 e. The van der Waals surface area contributed by atoms with Gasteiger partial charge >= 0.3 is 0 Å². The van der Waals surface area contributed by atoms with Gasteiger partial charge in [-0.3, -0.25) is 4.90 Å². The number of nitrogen functional groups attached to an aromatic ring is 1. The number of halogens is 1. The second-order valence-electron chi connectivity index (χ2n) is 7.76. The van der Waals surface area contributed by atoms with Gasteiger partial charge in [-0.2, -0.15) is 0 Å². The van der Waals surface area contributed by atoms with Crippen LogP contribution in [0.25, 0.3) is 22.6 Å². The monoisotopic (exact) mass is 419 g/mol. The van der Waals surface area contributed by atoms with E-state index in [1.54, 1.807) is 18.3 Å². The Hall–Kier alpha value is -3.59. The summed E-state index contributed by atoms with van der Waals surface area (Å²) < 4.78 is 20.8. The van der Waals surface area contributed by atoms with Gasteiger partial charge in [-0.05, 0) is 43.7 Å². The van der Waals surface area contributed by atoms with E-state index in [4.69, 9.17) is 10.3 Å². The summed E-state index contributed by atoms with van der Waals surface area (Å²) in [6.45, 7) is 4.42. The third kappa shape index (κ3) is 3.91. The van der Waals surface area contributed by atoms with Crippen molar-refractivity contribution in [1.82, 2.24) is 29.6 Å². The van der Waals surface area contributed by atoms with Crippen molar-refractivity contribution in [2.45, 2.75) is 25.9 Å². The van der Waals surface area contributed by atoms with E-state index >= 15 is 0 Å².